The van der Waals surface area contributed by atoms with Crippen molar-refractivity contribution in [3.63, 3.8) is 0 Å². The van der Waals surface area contributed by atoms with Crippen molar-refractivity contribution in [3.05, 3.63) is 36.0 Å². The average molecular weight is 239 g/mol. The quantitative estimate of drug-likeness (QED) is 0.666. The molecule has 1 aromatic carbocycles. The fourth-order valence-corrected chi connectivity index (χ4v) is 1.29. The molecule has 2 rings (SSSR count). The van der Waals surface area contributed by atoms with Gasteiger partial charge in [-0.15, -0.1) is 12.4 Å². The molecule has 5 N–H and O–H groups in total. The van der Waals surface area contributed by atoms with E-state index in [9.17, 15) is 0 Å². The molecule has 6 nitrogen and oxygen atoms in total. The number of nitrogens with two attached hydrogens (primary N) is 2. The van der Waals surface area contributed by atoms with Gasteiger partial charge in [-0.3, -0.25) is 5.41 Å². The van der Waals surface area contributed by atoms with E-state index in [2.05, 4.69) is 9.97 Å². The van der Waals surface area contributed by atoms with Crippen LogP contribution in [0.5, 0.6) is 0 Å². The predicted molar refractivity (Wildman–Crippen MR) is 63.3 cm³/mol. The smallest absolute Gasteiger partial charge is 0.232 e. The van der Waals surface area contributed by atoms with Crippen molar-refractivity contribution in [1.29, 1.82) is 5.41 Å². The van der Waals surface area contributed by atoms with Crippen LogP contribution in [0.25, 0.3) is 5.69 Å². The minimum Gasteiger partial charge on any atom is -0.369 e. The lowest BCUT2D eigenvalue weighted by atomic mass is 10.3. The van der Waals surface area contributed by atoms with Gasteiger partial charge in [0.1, 0.15) is 0 Å². The zero-order valence-corrected chi connectivity index (χ0v) is 9.11. The van der Waals surface area contributed by atoms with Gasteiger partial charge in [0.15, 0.2) is 0 Å². The fourth-order valence-electron chi connectivity index (χ4n) is 1.29. The molecule has 1 heterocycles. The molecule has 84 valence electrons. The van der Waals surface area contributed by atoms with Gasteiger partial charge in [-0.25, -0.2) is 4.57 Å². The number of anilines is 2. The van der Waals surface area contributed by atoms with E-state index in [0.717, 1.165) is 5.69 Å². The number of aromatic nitrogens is 3. The molecule has 16 heavy (non-hydrogen) atoms. The van der Waals surface area contributed by atoms with Crippen molar-refractivity contribution in [2.24, 2.45) is 0 Å². The van der Waals surface area contributed by atoms with Crippen molar-refractivity contribution in [2.75, 3.05) is 11.5 Å². The van der Waals surface area contributed by atoms with Gasteiger partial charge in [0, 0.05) is 0 Å². The molecule has 0 spiro atoms. The van der Waals surface area contributed by atoms with Crippen LogP contribution < -0.4 is 17.1 Å². The Kier molecular flexibility index (Phi) is 3.47. The zero-order chi connectivity index (χ0) is 10.8. The fraction of sp³-hybridized carbons (Fsp3) is 0. The first kappa shape index (κ1) is 12.0. The van der Waals surface area contributed by atoms with E-state index < -0.39 is 0 Å². The van der Waals surface area contributed by atoms with Gasteiger partial charge in [-0.05, 0) is 12.1 Å². The number of nitrogens with zero attached hydrogens (tertiary/aromatic N) is 3. The SMILES string of the molecule is Cl.N=c1nc(N)nc(N)n1-c1ccccc1. The van der Waals surface area contributed by atoms with Crippen LogP contribution >= 0.6 is 12.4 Å². The Bertz CT molecular complexity index is 535. The summed E-state index contributed by atoms with van der Waals surface area (Å²) in [5.74, 6) is 0.156. The van der Waals surface area contributed by atoms with Crippen LogP contribution in [0.1, 0.15) is 0 Å². The van der Waals surface area contributed by atoms with Crippen molar-refractivity contribution in [3.8, 4) is 5.69 Å². The minimum absolute atomic E-state index is 0. The second kappa shape index (κ2) is 4.63. The largest absolute Gasteiger partial charge is 0.369 e. The summed E-state index contributed by atoms with van der Waals surface area (Å²) >= 11 is 0. The van der Waals surface area contributed by atoms with Gasteiger partial charge in [0.25, 0.3) is 0 Å². The molecule has 0 saturated heterocycles. The molecule has 0 radical (unpaired) electrons. The summed E-state index contributed by atoms with van der Waals surface area (Å²) in [6, 6.07) is 9.19. The lowest BCUT2D eigenvalue weighted by Gasteiger charge is -2.08. The zero-order valence-electron chi connectivity index (χ0n) is 8.29. The molecule has 2 aromatic rings. The van der Waals surface area contributed by atoms with Gasteiger partial charge in [0.2, 0.25) is 17.5 Å². The number of halogens is 1. The Morgan fingerprint density at radius 1 is 1.06 bits per heavy atom. The molecule has 0 atom stereocenters. The number of nitrogens with one attached hydrogen (secondary N) is 1. The number of hydrogen-bond donors (Lipinski definition) is 3. The first-order chi connectivity index (χ1) is 7.18. The third-order valence-corrected chi connectivity index (χ3v) is 1.90. The van der Waals surface area contributed by atoms with Gasteiger partial charge in [0.05, 0.1) is 5.69 Å². The first-order valence-electron chi connectivity index (χ1n) is 4.30. The van der Waals surface area contributed by atoms with Gasteiger partial charge < -0.3 is 11.5 Å². The summed E-state index contributed by atoms with van der Waals surface area (Å²) in [5.41, 5.74) is 11.7. The van der Waals surface area contributed by atoms with Crippen LogP contribution in [0.4, 0.5) is 11.9 Å². The molecule has 0 amide bonds. The molecule has 0 fully saturated rings. The summed E-state index contributed by atoms with van der Waals surface area (Å²) in [6.45, 7) is 0. The van der Waals surface area contributed by atoms with Crippen molar-refractivity contribution in [1.82, 2.24) is 14.5 Å². The molecular weight excluding hydrogens is 228 g/mol. The molecule has 0 aliphatic carbocycles. The number of para-hydroxylation sites is 1. The van der Waals surface area contributed by atoms with Crippen molar-refractivity contribution in [2.45, 2.75) is 0 Å². The lowest BCUT2D eigenvalue weighted by molar-refractivity contribution is 0.828. The second-order valence-corrected chi connectivity index (χ2v) is 2.93. The molecule has 0 aliphatic rings. The molecule has 0 saturated carbocycles. The second-order valence-electron chi connectivity index (χ2n) is 2.93. The Morgan fingerprint density at radius 2 is 1.69 bits per heavy atom. The van der Waals surface area contributed by atoms with Gasteiger partial charge in [-0.2, -0.15) is 9.97 Å². The molecule has 0 aliphatic heterocycles. The number of hydrogen-bond acceptors (Lipinski definition) is 5. The van der Waals surface area contributed by atoms with Crippen LogP contribution in [-0.2, 0) is 0 Å². The maximum Gasteiger partial charge on any atom is 0.232 e. The predicted octanol–water partition coefficient (Wildman–Crippen LogP) is 0.333. The summed E-state index contributed by atoms with van der Waals surface area (Å²) in [4.78, 5) is 7.53. The van der Waals surface area contributed by atoms with Crippen LogP contribution in [0.15, 0.2) is 30.3 Å². The highest BCUT2D eigenvalue weighted by molar-refractivity contribution is 5.85. The van der Waals surface area contributed by atoms with Crippen LogP contribution in [0.3, 0.4) is 0 Å². The third kappa shape index (κ3) is 2.12. The van der Waals surface area contributed by atoms with Crippen molar-refractivity contribution < 1.29 is 0 Å². The maximum absolute atomic E-state index is 7.64. The molecule has 7 heteroatoms. The molecular formula is C9H11ClN6. The Labute approximate surface area is 97.9 Å². The minimum atomic E-state index is -0.0359. The summed E-state index contributed by atoms with van der Waals surface area (Å²) < 4.78 is 1.41. The van der Waals surface area contributed by atoms with E-state index >= 15 is 0 Å². The van der Waals surface area contributed by atoms with Crippen LogP contribution in [-0.4, -0.2) is 14.5 Å². The third-order valence-electron chi connectivity index (χ3n) is 1.90. The van der Waals surface area contributed by atoms with E-state index in [1.54, 1.807) is 0 Å². The maximum atomic E-state index is 7.64. The lowest BCUT2D eigenvalue weighted by Crippen LogP contribution is -2.26. The topological polar surface area (TPSA) is 107 Å². The number of benzene rings is 1. The van der Waals surface area contributed by atoms with Crippen molar-refractivity contribution >= 4 is 24.3 Å². The molecule has 1 aromatic heterocycles. The monoisotopic (exact) mass is 238 g/mol. The number of rotatable bonds is 1. The van der Waals surface area contributed by atoms with E-state index in [4.69, 9.17) is 16.9 Å². The Balaban J connectivity index is 0.00000128. The highest BCUT2D eigenvalue weighted by Gasteiger charge is 2.04. The van der Waals surface area contributed by atoms with E-state index in [1.807, 2.05) is 30.3 Å². The summed E-state index contributed by atoms with van der Waals surface area (Å²) in [6.07, 6.45) is 0. The molecule has 0 bridgehead atoms. The van der Waals surface area contributed by atoms with E-state index in [0.29, 0.717) is 0 Å². The highest BCUT2D eigenvalue weighted by Crippen LogP contribution is 2.07. The Hall–Kier alpha value is -2.08. The highest BCUT2D eigenvalue weighted by atomic mass is 35.5. The van der Waals surface area contributed by atoms with Crippen LogP contribution in [0, 0.1) is 5.41 Å². The van der Waals surface area contributed by atoms with Gasteiger partial charge >= 0.3 is 0 Å². The van der Waals surface area contributed by atoms with Gasteiger partial charge in [-0.1, -0.05) is 18.2 Å². The van der Waals surface area contributed by atoms with E-state index in [-0.39, 0.29) is 29.9 Å². The summed E-state index contributed by atoms with van der Waals surface area (Å²) in [5, 5.41) is 7.64. The molecule has 0 unspecified atom stereocenters. The summed E-state index contributed by atoms with van der Waals surface area (Å²) in [7, 11) is 0. The van der Waals surface area contributed by atoms with Crippen LogP contribution in [0.2, 0.25) is 0 Å². The number of nitrogen functional groups attached to an aromatic ring is 2. The average Bonchev–Trinajstić information content (AvgIpc) is 2.17. The normalized spacial score (nSPS) is 9.50. The first-order valence-corrected chi connectivity index (χ1v) is 4.30. The standard InChI is InChI=1S/C9H10N6.ClH/c10-7-13-8(11)15(9(12)14-7)6-4-2-1-3-5-6;/h1-5H,(H5,10,11,12,13,14);1H. The Morgan fingerprint density at radius 3 is 2.25 bits per heavy atom. The van der Waals surface area contributed by atoms with E-state index in [1.165, 1.54) is 4.57 Å².